The van der Waals surface area contributed by atoms with E-state index in [1.165, 1.54) is 11.4 Å². The van der Waals surface area contributed by atoms with Crippen molar-refractivity contribution in [3.05, 3.63) is 60.9 Å². The molecule has 1 N–H and O–H groups in total. The summed E-state index contributed by atoms with van der Waals surface area (Å²) in [5.41, 5.74) is 3.24. The van der Waals surface area contributed by atoms with Crippen molar-refractivity contribution in [3.8, 4) is 5.75 Å². The van der Waals surface area contributed by atoms with E-state index in [2.05, 4.69) is 49.6 Å². The normalized spacial score (nSPS) is 22.5. The Morgan fingerprint density at radius 2 is 1.61 bits per heavy atom. The molecule has 1 aliphatic carbocycles. The average molecular weight is 562 g/mol. The van der Waals surface area contributed by atoms with E-state index >= 15 is 0 Å². The number of hydrogen-bond acceptors (Lipinski definition) is 8. The molecule has 218 valence electrons. The van der Waals surface area contributed by atoms with Gasteiger partial charge in [-0.25, -0.2) is 4.79 Å². The molecule has 3 heterocycles. The van der Waals surface area contributed by atoms with Gasteiger partial charge >= 0.3 is 6.03 Å². The Hall–Kier alpha value is -3.83. The first-order valence-electron chi connectivity index (χ1n) is 14.5. The van der Waals surface area contributed by atoms with Crippen molar-refractivity contribution in [1.82, 2.24) is 20.3 Å². The zero-order valence-electron chi connectivity index (χ0n) is 23.8. The number of carbonyl (C=O) groups excluding carboxylic acids is 1. The molecule has 0 radical (unpaired) electrons. The van der Waals surface area contributed by atoms with Gasteiger partial charge < -0.3 is 29.3 Å². The molecule has 41 heavy (non-hydrogen) atoms. The number of nitrogens with one attached hydrogen (secondary N) is 1. The van der Waals surface area contributed by atoms with Gasteiger partial charge in [0.2, 0.25) is 0 Å². The second-order valence-corrected chi connectivity index (χ2v) is 10.9. The van der Waals surface area contributed by atoms with Crippen LogP contribution in [0.25, 0.3) is 0 Å². The summed E-state index contributed by atoms with van der Waals surface area (Å²) >= 11 is 0. The number of amides is 2. The Kier molecular flexibility index (Phi) is 7.97. The molecule has 11 nitrogen and oxygen atoms in total. The fourth-order valence-electron chi connectivity index (χ4n) is 5.58. The third kappa shape index (κ3) is 6.25. The molecule has 3 aliphatic rings. The standard InChI is InChI=1S/C30H39N7O4/c1-3-31-29(38)34(2)24-6-8-25(9-7-24)35-16-18-36(19-17-35)26-10-12-27(13-11-26)39-20-28-21-40-30(41-28,23-4-5-23)22-37-32-14-15-33-37/h6-15,23,28H,3-5,16-22H2,1-2H3,(H,31,38). The summed E-state index contributed by atoms with van der Waals surface area (Å²) in [4.78, 5) is 20.2. The number of rotatable bonds is 10. The van der Waals surface area contributed by atoms with Crippen LogP contribution in [0.1, 0.15) is 19.8 Å². The SMILES string of the molecule is CCNC(=O)N(C)c1ccc(N2CCN(c3ccc(OCC4COC(Cn5nccn5)(C5CC5)O4)cc3)CC2)cc1. The van der Waals surface area contributed by atoms with Crippen LogP contribution in [0.4, 0.5) is 21.9 Å². The van der Waals surface area contributed by atoms with Crippen LogP contribution in [0.3, 0.4) is 0 Å². The van der Waals surface area contributed by atoms with Gasteiger partial charge in [-0.1, -0.05) is 0 Å². The average Bonchev–Trinajstić information content (AvgIpc) is 3.61. The number of carbonyl (C=O) groups is 1. The fraction of sp³-hybridized carbons (Fsp3) is 0.500. The van der Waals surface area contributed by atoms with E-state index in [1.807, 2.05) is 31.2 Å². The van der Waals surface area contributed by atoms with E-state index in [0.29, 0.717) is 32.2 Å². The maximum absolute atomic E-state index is 12.1. The Labute approximate surface area is 240 Å². The van der Waals surface area contributed by atoms with Crippen LogP contribution in [0, 0.1) is 5.92 Å². The lowest BCUT2D eigenvalue weighted by Gasteiger charge is -2.37. The van der Waals surface area contributed by atoms with E-state index in [4.69, 9.17) is 14.2 Å². The Morgan fingerprint density at radius 3 is 2.20 bits per heavy atom. The summed E-state index contributed by atoms with van der Waals surface area (Å²) in [6, 6.07) is 16.4. The minimum Gasteiger partial charge on any atom is -0.491 e. The van der Waals surface area contributed by atoms with E-state index in [-0.39, 0.29) is 12.1 Å². The Bertz CT molecular complexity index is 1280. The first-order valence-corrected chi connectivity index (χ1v) is 14.5. The highest BCUT2D eigenvalue weighted by atomic mass is 16.8. The molecule has 2 atom stereocenters. The molecule has 11 heteroatoms. The Morgan fingerprint density at radius 1 is 1.00 bits per heavy atom. The molecule has 1 saturated carbocycles. The zero-order valence-corrected chi connectivity index (χ0v) is 23.8. The van der Waals surface area contributed by atoms with Crippen LogP contribution in [0.2, 0.25) is 0 Å². The number of urea groups is 1. The fourth-order valence-corrected chi connectivity index (χ4v) is 5.58. The molecule has 2 amide bonds. The molecule has 2 saturated heterocycles. The first-order chi connectivity index (χ1) is 20.0. The van der Waals surface area contributed by atoms with Gasteiger partial charge in [0.05, 0.1) is 19.0 Å². The van der Waals surface area contributed by atoms with Gasteiger partial charge in [0.15, 0.2) is 5.79 Å². The monoisotopic (exact) mass is 561 g/mol. The van der Waals surface area contributed by atoms with Crippen molar-refractivity contribution in [1.29, 1.82) is 0 Å². The second-order valence-electron chi connectivity index (χ2n) is 10.9. The molecule has 2 unspecified atom stereocenters. The third-order valence-corrected chi connectivity index (χ3v) is 8.06. The van der Waals surface area contributed by atoms with Crippen molar-refractivity contribution >= 4 is 23.1 Å². The third-order valence-electron chi connectivity index (χ3n) is 8.06. The highest BCUT2D eigenvalue weighted by Crippen LogP contribution is 2.46. The van der Waals surface area contributed by atoms with Gasteiger partial charge in [-0.2, -0.15) is 15.0 Å². The molecule has 2 aromatic carbocycles. The van der Waals surface area contributed by atoms with Gasteiger partial charge in [0.25, 0.3) is 0 Å². The van der Waals surface area contributed by atoms with Crippen molar-refractivity contribution in [3.63, 3.8) is 0 Å². The van der Waals surface area contributed by atoms with Crippen LogP contribution in [0.5, 0.6) is 5.75 Å². The van der Waals surface area contributed by atoms with Crippen LogP contribution >= 0.6 is 0 Å². The summed E-state index contributed by atoms with van der Waals surface area (Å²) in [6.45, 7) is 7.71. The van der Waals surface area contributed by atoms with Gasteiger partial charge in [0, 0.05) is 62.8 Å². The lowest BCUT2D eigenvalue weighted by atomic mass is 10.1. The van der Waals surface area contributed by atoms with Crippen molar-refractivity contribution in [2.45, 2.75) is 38.2 Å². The van der Waals surface area contributed by atoms with Crippen LogP contribution in [-0.4, -0.2) is 85.9 Å². The molecule has 3 fully saturated rings. The number of benzene rings is 2. The lowest BCUT2D eigenvalue weighted by Crippen LogP contribution is -2.46. The predicted molar refractivity (Wildman–Crippen MR) is 157 cm³/mol. The van der Waals surface area contributed by atoms with Crippen LogP contribution in [-0.2, 0) is 16.0 Å². The number of aromatic nitrogens is 3. The molecule has 3 aromatic rings. The van der Waals surface area contributed by atoms with Crippen molar-refractivity contribution in [2.75, 3.05) is 67.7 Å². The predicted octanol–water partition coefficient (Wildman–Crippen LogP) is 3.37. The van der Waals surface area contributed by atoms with E-state index in [0.717, 1.165) is 50.5 Å². The summed E-state index contributed by atoms with van der Waals surface area (Å²) < 4.78 is 18.7. The van der Waals surface area contributed by atoms with E-state index < -0.39 is 5.79 Å². The highest BCUT2D eigenvalue weighted by molar-refractivity contribution is 5.91. The molecule has 2 aliphatic heterocycles. The smallest absolute Gasteiger partial charge is 0.321 e. The number of hydrogen-bond donors (Lipinski definition) is 1. The summed E-state index contributed by atoms with van der Waals surface area (Å²) in [7, 11) is 1.79. The summed E-state index contributed by atoms with van der Waals surface area (Å²) in [5, 5.41) is 11.3. The lowest BCUT2D eigenvalue weighted by molar-refractivity contribution is -0.198. The maximum Gasteiger partial charge on any atom is 0.321 e. The molecular weight excluding hydrogens is 522 g/mol. The minimum atomic E-state index is -0.650. The topological polar surface area (TPSA) is 97.2 Å². The van der Waals surface area contributed by atoms with Gasteiger partial charge in [-0.05, 0) is 68.3 Å². The summed E-state index contributed by atoms with van der Waals surface area (Å²) in [5.74, 6) is 0.562. The Balaban J connectivity index is 0.967. The number of anilines is 3. The largest absolute Gasteiger partial charge is 0.491 e. The zero-order chi connectivity index (χ0) is 28.2. The summed E-state index contributed by atoms with van der Waals surface area (Å²) in [6.07, 6.45) is 5.44. The van der Waals surface area contributed by atoms with Crippen molar-refractivity contribution in [2.24, 2.45) is 5.92 Å². The molecule has 0 bridgehead atoms. The molecule has 0 spiro atoms. The molecule has 6 rings (SSSR count). The van der Waals surface area contributed by atoms with Gasteiger partial charge in [-0.3, -0.25) is 4.90 Å². The number of piperazine rings is 1. The highest BCUT2D eigenvalue weighted by Gasteiger charge is 2.53. The molecular formula is C30H39N7O4. The minimum absolute atomic E-state index is 0.0963. The van der Waals surface area contributed by atoms with E-state index in [9.17, 15) is 4.79 Å². The van der Waals surface area contributed by atoms with Gasteiger partial charge in [-0.15, -0.1) is 0 Å². The maximum atomic E-state index is 12.1. The quantitative estimate of drug-likeness (QED) is 0.403. The first kappa shape index (κ1) is 27.3. The van der Waals surface area contributed by atoms with Crippen LogP contribution in [0.15, 0.2) is 60.9 Å². The van der Waals surface area contributed by atoms with Crippen molar-refractivity contribution < 1.29 is 19.0 Å². The van der Waals surface area contributed by atoms with Gasteiger partial charge in [0.1, 0.15) is 25.0 Å². The van der Waals surface area contributed by atoms with E-state index in [1.54, 1.807) is 29.1 Å². The number of ether oxygens (including phenoxy) is 3. The molecule has 1 aromatic heterocycles. The second kappa shape index (κ2) is 12.0. The van der Waals surface area contributed by atoms with Crippen LogP contribution < -0.4 is 24.8 Å². The number of nitrogens with zero attached hydrogens (tertiary/aromatic N) is 6.